The van der Waals surface area contributed by atoms with Gasteiger partial charge >= 0.3 is 6.18 Å². The Morgan fingerprint density at radius 3 is 2.34 bits per heavy atom. The maximum Gasteiger partial charge on any atom is 0.405 e. The van der Waals surface area contributed by atoms with E-state index in [9.17, 15) is 26.4 Å². The van der Waals surface area contributed by atoms with Gasteiger partial charge < -0.3 is 5.32 Å². The van der Waals surface area contributed by atoms with Crippen molar-refractivity contribution < 1.29 is 26.4 Å². The number of halogens is 3. The smallest absolute Gasteiger partial charge is 0.343 e. The van der Waals surface area contributed by atoms with Gasteiger partial charge in [-0.3, -0.25) is 4.79 Å². The minimum atomic E-state index is -4.53. The van der Waals surface area contributed by atoms with Crippen molar-refractivity contribution in [1.29, 1.82) is 0 Å². The number of aryl methyl sites for hydroxylation is 1. The Balaban J connectivity index is 1.55. The lowest BCUT2D eigenvalue weighted by atomic mass is 10.2. The van der Waals surface area contributed by atoms with Crippen LogP contribution in [0.15, 0.2) is 58.8 Å². The number of amides is 1. The van der Waals surface area contributed by atoms with E-state index in [2.05, 4.69) is 9.71 Å². The Labute approximate surface area is 187 Å². The number of carbonyl (C=O) groups is 1. The van der Waals surface area contributed by atoms with E-state index in [0.29, 0.717) is 6.42 Å². The fraction of sp³-hybridized carbons (Fsp3) is 0.238. The molecule has 32 heavy (non-hydrogen) atoms. The molecule has 0 atom stereocenters. The molecule has 2 aromatic carbocycles. The molecule has 1 aromatic heterocycles. The Bertz CT molecular complexity index is 1170. The summed E-state index contributed by atoms with van der Waals surface area (Å²) >= 11 is 1.48. The first-order chi connectivity index (χ1) is 15.0. The van der Waals surface area contributed by atoms with Crippen molar-refractivity contribution in [3.05, 3.63) is 70.7 Å². The van der Waals surface area contributed by atoms with Crippen LogP contribution in [0.3, 0.4) is 0 Å². The maximum atomic E-state index is 12.4. The normalized spacial score (nSPS) is 12.0. The van der Waals surface area contributed by atoms with Crippen LogP contribution in [0.4, 0.5) is 13.2 Å². The SMILES string of the molecule is Cc1ccc(-c2nc(CCNS(=O)(=O)c3ccc(C(=O)NCC(F)(F)F)cc3)cs2)cc1. The largest absolute Gasteiger partial charge is 0.405 e. The third kappa shape index (κ3) is 6.62. The summed E-state index contributed by atoms with van der Waals surface area (Å²) in [5, 5.41) is 4.45. The van der Waals surface area contributed by atoms with E-state index in [1.54, 1.807) is 5.32 Å². The molecular weight excluding hydrogens is 463 g/mol. The molecule has 0 saturated heterocycles. The molecule has 0 radical (unpaired) electrons. The van der Waals surface area contributed by atoms with Crippen LogP contribution in [0.1, 0.15) is 21.6 Å². The van der Waals surface area contributed by atoms with Gasteiger partial charge in [0, 0.05) is 29.5 Å². The molecule has 6 nitrogen and oxygen atoms in total. The standard InChI is InChI=1S/C21H20F3N3O3S2/c1-14-2-4-16(5-3-14)20-27-17(12-31-20)10-11-26-32(29,30)18-8-6-15(7-9-18)19(28)25-13-21(22,23)24/h2-9,12,26H,10-11,13H2,1H3,(H,25,28). The number of sulfonamides is 1. The van der Waals surface area contributed by atoms with Crippen LogP contribution >= 0.6 is 11.3 Å². The molecule has 0 aliphatic carbocycles. The first kappa shape index (κ1) is 23.9. The second-order valence-electron chi connectivity index (χ2n) is 6.98. The molecule has 2 N–H and O–H groups in total. The van der Waals surface area contributed by atoms with Gasteiger partial charge in [0.15, 0.2) is 0 Å². The first-order valence-electron chi connectivity index (χ1n) is 9.50. The highest BCUT2D eigenvalue weighted by molar-refractivity contribution is 7.89. The Morgan fingerprint density at radius 1 is 1.06 bits per heavy atom. The highest BCUT2D eigenvalue weighted by atomic mass is 32.2. The quantitative estimate of drug-likeness (QED) is 0.508. The van der Waals surface area contributed by atoms with E-state index >= 15 is 0 Å². The van der Waals surface area contributed by atoms with Crippen LogP contribution in [-0.4, -0.2) is 38.6 Å². The molecule has 0 spiro atoms. The number of aromatic nitrogens is 1. The minimum absolute atomic E-state index is 0.0701. The van der Waals surface area contributed by atoms with Crippen LogP contribution in [0.2, 0.25) is 0 Å². The number of benzene rings is 2. The van der Waals surface area contributed by atoms with Gasteiger partial charge in [-0.25, -0.2) is 18.1 Å². The molecule has 0 fully saturated rings. The number of alkyl halides is 3. The molecule has 0 aliphatic rings. The van der Waals surface area contributed by atoms with Gasteiger partial charge in [-0.2, -0.15) is 13.2 Å². The zero-order valence-electron chi connectivity index (χ0n) is 16.9. The van der Waals surface area contributed by atoms with Crippen molar-refractivity contribution in [2.75, 3.05) is 13.1 Å². The van der Waals surface area contributed by atoms with Crippen molar-refractivity contribution in [2.24, 2.45) is 0 Å². The lowest BCUT2D eigenvalue weighted by Crippen LogP contribution is -2.33. The topological polar surface area (TPSA) is 88.2 Å². The first-order valence-corrected chi connectivity index (χ1v) is 11.9. The fourth-order valence-electron chi connectivity index (χ4n) is 2.72. The van der Waals surface area contributed by atoms with Crippen molar-refractivity contribution >= 4 is 27.3 Å². The number of nitrogens with one attached hydrogen (secondary N) is 2. The monoisotopic (exact) mass is 483 g/mol. The number of hydrogen-bond acceptors (Lipinski definition) is 5. The fourth-order valence-corrected chi connectivity index (χ4v) is 4.61. The molecule has 170 valence electrons. The van der Waals surface area contributed by atoms with Crippen molar-refractivity contribution in [2.45, 2.75) is 24.4 Å². The number of hydrogen-bond donors (Lipinski definition) is 2. The third-order valence-corrected chi connectivity index (χ3v) is 6.82. The summed E-state index contributed by atoms with van der Waals surface area (Å²) in [6, 6.07) is 12.6. The van der Waals surface area contributed by atoms with Crippen molar-refractivity contribution in [1.82, 2.24) is 15.0 Å². The van der Waals surface area contributed by atoms with Gasteiger partial charge in [-0.15, -0.1) is 11.3 Å². The number of rotatable bonds is 8. The highest BCUT2D eigenvalue weighted by Crippen LogP contribution is 2.24. The average Bonchev–Trinajstić information content (AvgIpc) is 3.21. The predicted molar refractivity (Wildman–Crippen MR) is 116 cm³/mol. The Hall–Kier alpha value is -2.76. The summed E-state index contributed by atoms with van der Waals surface area (Å²) in [6.45, 7) is 0.655. The minimum Gasteiger partial charge on any atom is -0.343 e. The summed E-state index contributed by atoms with van der Waals surface area (Å²) in [5.74, 6) is -0.938. The number of nitrogens with zero attached hydrogens (tertiary/aromatic N) is 1. The van der Waals surface area contributed by atoms with E-state index in [1.165, 1.54) is 23.5 Å². The van der Waals surface area contributed by atoms with E-state index in [0.717, 1.165) is 34.0 Å². The van der Waals surface area contributed by atoms with Gasteiger partial charge in [-0.1, -0.05) is 29.8 Å². The van der Waals surface area contributed by atoms with Crippen LogP contribution in [0.25, 0.3) is 10.6 Å². The molecule has 0 saturated carbocycles. The second-order valence-corrected chi connectivity index (χ2v) is 9.61. The summed E-state index contributed by atoms with van der Waals surface area (Å²) in [7, 11) is -3.84. The lowest BCUT2D eigenvalue weighted by Gasteiger charge is -2.09. The van der Waals surface area contributed by atoms with Crippen LogP contribution in [0, 0.1) is 6.92 Å². The van der Waals surface area contributed by atoms with Crippen LogP contribution in [-0.2, 0) is 16.4 Å². The van der Waals surface area contributed by atoms with Gasteiger partial charge in [0.1, 0.15) is 11.6 Å². The van der Waals surface area contributed by atoms with E-state index in [4.69, 9.17) is 0 Å². The molecule has 11 heteroatoms. The number of carbonyl (C=O) groups excluding carboxylic acids is 1. The molecule has 3 aromatic rings. The molecule has 0 bridgehead atoms. The summed E-state index contributed by atoms with van der Waals surface area (Å²) in [4.78, 5) is 16.2. The Kier molecular flexibility index (Phi) is 7.32. The molecule has 0 aliphatic heterocycles. The van der Waals surface area contributed by atoms with Crippen molar-refractivity contribution in [3.8, 4) is 10.6 Å². The summed E-state index contributed by atoms with van der Waals surface area (Å²) in [5.41, 5.74) is 2.82. The summed E-state index contributed by atoms with van der Waals surface area (Å²) in [6.07, 6.45) is -4.14. The summed E-state index contributed by atoms with van der Waals surface area (Å²) < 4.78 is 63.9. The lowest BCUT2D eigenvalue weighted by molar-refractivity contribution is -0.123. The van der Waals surface area contributed by atoms with Gasteiger partial charge in [0.05, 0.1) is 10.6 Å². The van der Waals surface area contributed by atoms with E-state index in [-0.39, 0.29) is 17.0 Å². The predicted octanol–water partition coefficient (Wildman–Crippen LogP) is 3.93. The second kappa shape index (κ2) is 9.80. The molecular formula is C21H20F3N3O3S2. The molecule has 0 unspecified atom stereocenters. The van der Waals surface area contributed by atoms with Gasteiger partial charge in [-0.05, 0) is 31.2 Å². The van der Waals surface area contributed by atoms with Gasteiger partial charge in [0.25, 0.3) is 5.91 Å². The highest BCUT2D eigenvalue weighted by Gasteiger charge is 2.28. The Morgan fingerprint density at radius 2 is 1.72 bits per heavy atom. The maximum absolute atomic E-state index is 12.4. The van der Waals surface area contributed by atoms with E-state index in [1.807, 2.05) is 36.6 Å². The van der Waals surface area contributed by atoms with E-state index < -0.39 is 28.7 Å². The van der Waals surface area contributed by atoms with Crippen molar-refractivity contribution in [3.63, 3.8) is 0 Å². The number of thiazole rings is 1. The zero-order valence-corrected chi connectivity index (χ0v) is 18.6. The van der Waals surface area contributed by atoms with Crippen LogP contribution in [0.5, 0.6) is 0 Å². The third-order valence-electron chi connectivity index (χ3n) is 4.40. The van der Waals surface area contributed by atoms with Crippen LogP contribution < -0.4 is 10.0 Å². The van der Waals surface area contributed by atoms with Gasteiger partial charge in [0.2, 0.25) is 10.0 Å². The average molecular weight is 484 g/mol. The molecule has 1 heterocycles. The molecule has 1 amide bonds. The molecule has 3 rings (SSSR count). The zero-order chi connectivity index (χ0) is 23.4.